The molecule has 0 radical (unpaired) electrons. The van der Waals surface area contributed by atoms with Gasteiger partial charge in [-0.25, -0.2) is 9.18 Å². The molecule has 1 unspecified atom stereocenters. The summed E-state index contributed by atoms with van der Waals surface area (Å²) in [7, 11) is 1.69. The number of carbonyl (C=O) groups is 1. The van der Waals surface area contributed by atoms with Crippen LogP contribution in [0.15, 0.2) is 48.5 Å². The van der Waals surface area contributed by atoms with E-state index >= 15 is 0 Å². The molecule has 1 heterocycles. The monoisotopic (exact) mass is 397 g/mol. The maximum absolute atomic E-state index is 14.0. The van der Waals surface area contributed by atoms with Gasteiger partial charge in [0.15, 0.2) is 0 Å². The summed E-state index contributed by atoms with van der Waals surface area (Å²) in [6.45, 7) is 2.78. The van der Waals surface area contributed by atoms with Crippen molar-refractivity contribution in [3.8, 4) is 5.75 Å². The molecular weight excluding hydrogens is 369 g/mol. The quantitative estimate of drug-likeness (QED) is 0.767. The zero-order chi connectivity index (χ0) is 20.2. The summed E-state index contributed by atoms with van der Waals surface area (Å²) in [5, 5.41) is 3.09. The van der Waals surface area contributed by atoms with E-state index < -0.39 is 0 Å². The fourth-order valence-electron chi connectivity index (χ4n) is 4.01. The summed E-state index contributed by atoms with van der Waals surface area (Å²) in [6, 6.07) is 14.9. The minimum atomic E-state index is -0.255. The van der Waals surface area contributed by atoms with Crippen LogP contribution in [0.3, 0.4) is 0 Å². The van der Waals surface area contributed by atoms with E-state index in [0.717, 1.165) is 43.8 Å². The van der Waals surface area contributed by atoms with Gasteiger partial charge in [-0.2, -0.15) is 0 Å². The zero-order valence-corrected chi connectivity index (χ0v) is 16.8. The zero-order valence-electron chi connectivity index (χ0n) is 16.8. The molecule has 1 saturated heterocycles. The summed E-state index contributed by atoms with van der Waals surface area (Å²) in [5.74, 6) is 1.01. The molecule has 1 aliphatic heterocycles. The first-order chi connectivity index (χ1) is 14.2. The number of hydrogen-bond acceptors (Lipinski definition) is 3. The van der Waals surface area contributed by atoms with Gasteiger partial charge in [0.1, 0.15) is 11.6 Å². The van der Waals surface area contributed by atoms with E-state index in [0.29, 0.717) is 24.6 Å². The fourth-order valence-corrected chi connectivity index (χ4v) is 4.01. The van der Waals surface area contributed by atoms with E-state index in [1.807, 2.05) is 24.3 Å². The number of anilines is 1. The highest BCUT2D eigenvalue weighted by Crippen LogP contribution is 2.32. The Kier molecular flexibility index (Phi) is 5.88. The Hall–Kier alpha value is -2.76. The predicted octanol–water partition coefficient (Wildman–Crippen LogP) is 4.03. The number of rotatable bonds is 7. The lowest BCUT2D eigenvalue weighted by atomic mass is 10.1. The van der Waals surface area contributed by atoms with Crippen molar-refractivity contribution in [2.45, 2.75) is 31.8 Å². The lowest BCUT2D eigenvalue weighted by Crippen LogP contribution is -2.43. The van der Waals surface area contributed by atoms with Crippen molar-refractivity contribution in [3.05, 3.63) is 59.9 Å². The number of hydrogen-bond donors (Lipinski definition) is 1. The lowest BCUT2D eigenvalue weighted by molar-refractivity contribution is 0.189. The molecule has 1 aliphatic carbocycles. The number of nitrogens with zero attached hydrogens (tertiary/aromatic N) is 2. The molecule has 0 spiro atoms. The second kappa shape index (κ2) is 8.72. The standard InChI is InChI=1S/C23H28FN3O2/c1-29-22-9-5-4-8-21(22)26-13-12-17(15-26)14-25-23(28)27(19-10-11-19)16-18-6-2-3-7-20(18)24/h2-9,17,19H,10-16H2,1H3,(H,25,28). The average molecular weight is 397 g/mol. The third-order valence-corrected chi connectivity index (χ3v) is 5.80. The van der Waals surface area contributed by atoms with Crippen molar-refractivity contribution in [3.63, 3.8) is 0 Å². The van der Waals surface area contributed by atoms with Crippen molar-refractivity contribution in [1.82, 2.24) is 10.2 Å². The van der Waals surface area contributed by atoms with E-state index in [-0.39, 0.29) is 17.9 Å². The Balaban J connectivity index is 1.32. The third-order valence-electron chi connectivity index (χ3n) is 5.80. The van der Waals surface area contributed by atoms with Crippen LogP contribution >= 0.6 is 0 Å². The Morgan fingerprint density at radius 3 is 2.69 bits per heavy atom. The van der Waals surface area contributed by atoms with Crippen molar-refractivity contribution in [2.75, 3.05) is 31.6 Å². The first-order valence-corrected chi connectivity index (χ1v) is 10.3. The smallest absolute Gasteiger partial charge is 0.317 e. The van der Waals surface area contributed by atoms with Gasteiger partial charge in [0, 0.05) is 31.2 Å². The van der Waals surface area contributed by atoms with Gasteiger partial charge in [0.05, 0.1) is 19.3 Å². The second-order valence-corrected chi connectivity index (χ2v) is 7.91. The minimum absolute atomic E-state index is 0.0912. The largest absolute Gasteiger partial charge is 0.495 e. The van der Waals surface area contributed by atoms with Crippen molar-refractivity contribution in [1.29, 1.82) is 0 Å². The Morgan fingerprint density at radius 1 is 1.17 bits per heavy atom. The highest BCUT2D eigenvalue weighted by molar-refractivity contribution is 5.75. The van der Waals surface area contributed by atoms with Crippen molar-refractivity contribution >= 4 is 11.7 Å². The molecule has 1 atom stereocenters. The molecule has 6 heteroatoms. The lowest BCUT2D eigenvalue weighted by Gasteiger charge is -2.24. The van der Waals surface area contributed by atoms with Gasteiger partial charge in [-0.1, -0.05) is 30.3 Å². The first-order valence-electron chi connectivity index (χ1n) is 10.3. The number of para-hydroxylation sites is 2. The van der Waals surface area contributed by atoms with Gasteiger partial charge < -0.3 is 19.9 Å². The SMILES string of the molecule is COc1ccccc1N1CCC(CNC(=O)N(Cc2ccccc2F)C2CC2)C1. The highest BCUT2D eigenvalue weighted by Gasteiger charge is 2.33. The number of ether oxygens (including phenoxy) is 1. The maximum atomic E-state index is 14.0. The van der Waals surface area contributed by atoms with Crippen molar-refractivity contribution < 1.29 is 13.9 Å². The van der Waals surface area contributed by atoms with Crippen LogP contribution < -0.4 is 15.0 Å². The molecule has 0 aromatic heterocycles. The summed E-state index contributed by atoms with van der Waals surface area (Å²) in [6.07, 6.45) is 3.01. The van der Waals surface area contributed by atoms with E-state index in [9.17, 15) is 9.18 Å². The molecule has 2 aromatic carbocycles. The fraction of sp³-hybridized carbons (Fsp3) is 0.435. The van der Waals surface area contributed by atoms with Gasteiger partial charge in [-0.3, -0.25) is 0 Å². The number of benzene rings is 2. The molecule has 2 amide bonds. The molecular formula is C23H28FN3O2. The van der Waals surface area contributed by atoms with Crippen LogP contribution in [0.25, 0.3) is 0 Å². The van der Waals surface area contributed by atoms with Crippen LogP contribution in [-0.4, -0.2) is 43.7 Å². The summed E-state index contributed by atoms with van der Waals surface area (Å²) in [4.78, 5) is 16.9. The first kappa shape index (κ1) is 19.6. The van der Waals surface area contributed by atoms with Crippen LogP contribution in [0.5, 0.6) is 5.75 Å². The van der Waals surface area contributed by atoms with Crippen molar-refractivity contribution in [2.24, 2.45) is 5.92 Å². The van der Waals surface area contributed by atoms with E-state index in [4.69, 9.17) is 4.74 Å². The minimum Gasteiger partial charge on any atom is -0.495 e. The number of halogens is 1. The normalized spacial score (nSPS) is 18.6. The van der Waals surface area contributed by atoms with Crippen LogP contribution in [0.2, 0.25) is 0 Å². The molecule has 0 bridgehead atoms. The number of methoxy groups -OCH3 is 1. The van der Waals surface area contributed by atoms with E-state index in [1.165, 1.54) is 6.07 Å². The van der Waals surface area contributed by atoms with Crippen LogP contribution in [0.1, 0.15) is 24.8 Å². The highest BCUT2D eigenvalue weighted by atomic mass is 19.1. The number of nitrogens with one attached hydrogen (secondary N) is 1. The summed E-state index contributed by atoms with van der Waals surface area (Å²) < 4.78 is 19.5. The predicted molar refractivity (Wildman–Crippen MR) is 112 cm³/mol. The molecule has 2 fully saturated rings. The van der Waals surface area contributed by atoms with Crippen LogP contribution in [0, 0.1) is 11.7 Å². The Bertz CT molecular complexity index is 856. The molecule has 2 aromatic rings. The Morgan fingerprint density at radius 2 is 1.93 bits per heavy atom. The second-order valence-electron chi connectivity index (χ2n) is 7.91. The van der Waals surface area contributed by atoms with E-state index in [2.05, 4.69) is 16.3 Å². The molecule has 29 heavy (non-hydrogen) atoms. The topological polar surface area (TPSA) is 44.8 Å². The summed E-state index contributed by atoms with van der Waals surface area (Å²) in [5.41, 5.74) is 1.67. The van der Waals surface area contributed by atoms with Gasteiger partial charge in [-0.05, 0) is 43.4 Å². The van der Waals surface area contributed by atoms with Gasteiger partial charge in [0.2, 0.25) is 0 Å². The van der Waals surface area contributed by atoms with E-state index in [1.54, 1.807) is 24.1 Å². The number of carbonyl (C=O) groups excluding carboxylic acids is 1. The van der Waals surface area contributed by atoms with Gasteiger partial charge in [-0.15, -0.1) is 0 Å². The molecule has 4 rings (SSSR count). The Labute approximate surface area is 171 Å². The molecule has 5 nitrogen and oxygen atoms in total. The molecule has 1 N–H and O–H groups in total. The van der Waals surface area contributed by atoms with Gasteiger partial charge in [0.25, 0.3) is 0 Å². The average Bonchev–Trinajstić information content (AvgIpc) is 3.48. The van der Waals surface area contributed by atoms with Gasteiger partial charge >= 0.3 is 6.03 Å². The molecule has 154 valence electrons. The van der Waals surface area contributed by atoms with Crippen LogP contribution in [-0.2, 0) is 6.54 Å². The molecule has 1 saturated carbocycles. The molecule has 2 aliphatic rings. The maximum Gasteiger partial charge on any atom is 0.317 e. The van der Waals surface area contributed by atoms with Crippen LogP contribution in [0.4, 0.5) is 14.9 Å². The summed E-state index contributed by atoms with van der Waals surface area (Å²) >= 11 is 0. The number of urea groups is 1. The number of amides is 2. The third kappa shape index (κ3) is 4.63.